The summed E-state index contributed by atoms with van der Waals surface area (Å²) in [5, 5.41) is 0. The minimum Gasteiger partial charge on any atom is -0.493 e. The Labute approximate surface area is 183 Å². The highest BCUT2D eigenvalue weighted by molar-refractivity contribution is 5.94. The monoisotopic (exact) mass is 429 g/mol. The van der Waals surface area contributed by atoms with Crippen molar-refractivity contribution in [3.8, 4) is 11.5 Å². The highest BCUT2D eigenvalue weighted by Gasteiger charge is 2.25. The van der Waals surface area contributed by atoms with E-state index in [2.05, 4.69) is 10.9 Å². The normalized spacial score (nSPS) is 18.3. The van der Waals surface area contributed by atoms with Gasteiger partial charge in [0.05, 0.1) is 13.2 Å². The Morgan fingerprint density at radius 1 is 1.19 bits per heavy atom. The molecule has 7 heteroatoms. The van der Waals surface area contributed by atoms with Gasteiger partial charge < -0.3 is 14.4 Å². The molecule has 2 unspecified atom stereocenters. The Balaban J connectivity index is 1.48. The predicted octanol–water partition coefficient (Wildman–Crippen LogP) is 4.08. The lowest BCUT2D eigenvalue weighted by Gasteiger charge is -2.20. The van der Waals surface area contributed by atoms with Gasteiger partial charge in [0.1, 0.15) is 5.82 Å². The fourth-order valence-electron chi connectivity index (χ4n) is 3.80. The molecule has 1 aliphatic rings. The summed E-state index contributed by atoms with van der Waals surface area (Å²) in [5.74, 6) is 0.912. The molecule has 0 radical (unpaired) electrons. The predicted molar refractivity (Wildman–Crippen MR) is 119 cm³/mol. The van der Waals surface area contributed by atoms with Crippen molar-refractivity contribution in [3.05, 3.63) is 59.4 Å². The summed E-state index contributed by atoms with van der Waals surface area (Å²) in [6.07, 6.45) is 2.69. The highest BCUT2D eigenvalue weighted by Crippen LogP contribution is 2.29. The summed E-state index contributed by atoms with van der Waals surface area (Å²) in [5.41, 5.74) is 8.05. The molecule has 0 saturated carbocycles. The number of benzene rings is 2. The quantitative estimate of drug-likeness (QED) is 0.629. The molecule has 1 saturated heterocycles. The van der Waals surface area contributed by atoms with E-state index in [0.717, 1.165) is 24.8 Å². The first-order valence-electron chi connectivity index (χ1n) is 10.7. The number of rotatable bonds is 9. The molecule has 2 aromatic carbocycles. The Kier molecular flexibility index (Phi) is 7.87. The fraction of sp³-hybridized carbons (Fsp3) is 0.458. The van der Waals surface area contributed by atoms with Gasteiger partial charge in [-0.15, -0.1) is 0 Å². The zero-order valence-electron chi connectivity index (χ0n) is 18.7. The standard InChI is InChI=1S/C24H32FN3O3/c1-16(2)31-22-11-10-18(14-23(22)30-4)24(29)28(3)12-6-9-20-15-21(27-26-20)17-7-5-8-19(25)13-17/h5,7-8,10-11,13-14,16,20-21,26-27H,6,9,12,15H2,1-4H3. The molecule has 2 atom stereocenters. The average Bonchev–Trinajstić information content (AvgIpc) is 3.22. The van der Waals surface area contributed by atoms with Gasteiger partial charge >= 0.3 is 0 Å². The van der Waals surface area contributed by atoms with Gasteiger partial charge in [0.2, 0.25) is 0 Å². The summed E-state index contributed by atoms with van der Waals surface area (Å²) in [7, 11) is 3.38. The molecule has 1 amide bonds. The van der Waals surface area contributed by atoms with Crippen molar-refractivity contribution in [2.45, 2.75) is 51.3 Å². The second-order valence-electron chi connectivity index (χ2n) is 8.23. The first-order valence-corrected chi connectivity index (χ1v) is 10.7. The van der Waals surface area contributed by atoms with Crippen molar-refractivity contribution in [1.82, 2.24) is 15.8 Å². The Morgan fingerprint density at radius 2 is 2.00 bits per heavy atom. The summed E-state index contributed by atoms with van der Waals surface area (Å²) in [6, 6.07) is 12.3. The SMILES string of the molecule is COc1cc(C(=O)N(C)CCCC2CC(c3cccc(F)c3)NN2)ccc1OC(C)C. The van der Waals surface area contributed by atoms with Gasteiger partial charge in [-0.05, 0) is 69.0 Å². The molecule has 31 heavy (non-hydrogen) atoms. The van der Waals surface area contributed by atoms with Crippen LogP contribution in [0.4, 0.5) is 4.39 Å². The maximum absolute atomic E-state index is 13.4. The number of methoxy groups -OCH3 is 1. The highest BCUT2D eigenvalue weighted by atomic mass is 19.1. The lowest BCUT2D eigenvalue weighted by molar-refractivity contribution is 0.0791. The van der Waals surface area contributed by atoms with Crippen LogP contribution in [0.3, 0.4) is 0 Å². The number of nitrogens with one attached hydrogen (secondary N) is 2. The van der Waals surface area contributed by atoms with Crippen molar-refractivity contribution < 1.29 is 18.7 Å². The van der Waals surface area contributed by atoms with Crippen LogP contribution >= 0.6 is 0 Å². The van der Waals surface area contributed by atoms with Gasteiger partial charge in [0.15, 0.2) is 11.5 Å². The van der Waals surface area contributed by atoms with E-state index in [1.54, 1.807) is 42.3 Å². The number of amides is 1. The molecule has 0 spiro atoms. The largest absolute Gasteiger partial charge is 0.493 e. The lowest BCUT2D eigenvalue weighted by Crippen LogP contribution is -2.32. The van der Waals surface area contributed by atoms with Gasteiger partial charge in [-0.25, -0.2) is 4.39 Å². The first-order chi connectivity index (χ1) is 14.9. The van der Waals surface area contributed by atoms with E-state index in [-0.39, 0.29) is 29.9 Å². The number of hydrogen-bond donors (Lipinski definition) is 2. The number of hydrogen-bond acceptors (Lipinski definition) is 5. The summed E-state index contributed by atoms with van der Waals surface area (Å²) < 4.78 is 24.6. The molecule has 1 fully saturated rings. The van der Waals surface area contributed by atoms with Crippen molar-refractivity contribution in [2.24, 2.45) is 0 Å². The smallest absolute Gasteiger partial charge is 0.253 e. The molecule has 2 aromatic rings. The topological polar surface area (TPSA) is 62.8 Å². The van der Waals surface area contributed by atoms with Crippen LogP contribution in [0, 0.1) is 5.82 Å². The zero-order chi connectivity index (χ0) is 22.4. The van der Waals surface area contributed by atoms with E-state index in [9.17, 15) is 9.18 Å². The maximum Gasteiger partial charge on any atom is 0.253 e. The van der Waals surface area contributed by atoms with E-state index in [4.69, 9.17) is 9.47 Å². The van der Waals surface area contributed by atoms with E-state index < -0.39 is 0 Å². The summed E-state index contributed by atoms with van der Waals surface area (Å²) in [4.78, 5) is 14.5. The number of nitrogens with zero attached hydrogens (tertiary/aromatic N) is 1. The van der Waals surface area contributed by atoms with Crippen LogP contribution in [0.2, 0.25) is 0 Å². The number of hydrazine groups is 1. The van der Waals surface area contributed by atoms with Crippen LogP contribution in [0.15, 0.2) is 42.5 Å². The third-order valence-electron chi connectivity index (χ3n) is 5.40. The van der Waals surface area contributed by atoms with E-state index in [0.29, 0.717) is 23.6 Å². The van der Waals surface area contributed by atoms with Gasteiger partial charge in [0.25, 0.3) is 5.91 Å². The van der Waals surface area contributed by atoms with Crippen molar-refractivity contribution in [3.63, 3.8) is 0 Å². The fourth-order valence-corrected chi connectivity index (χ4v) is 3.80. The molecular weight excluding hydrogens is 397 g/mol. The van der Waals surface area contributed by atoms with Crippen LogP contribution in [0.25, 0.3) is 0 Å². The van der Waals surface area contributed by atoms with Crippen LogP contribution < -0.4 is 20.3 Å². The molecule has 2 N–H and O–H groups in total. The maximum atomic E-state index is 13.4. The molecule has 0 aromatic heterocycles. The Bertz CT molecular complexity index is 890. The molecule has 0 aliphatic carbocycles. The molecule has 168 valence electrons. The zero-order valence-corrected chi connectivity index (χ0v) is 18.7. The molecule has 1 aliphatic heterocycles. The molecule has 6 nitrogen and oxygen atoms in total. The molecule has 3 rings (SSSR count). The van der Waals surface area contributed by atoms with Crippen LogP contribution in [0.5, 0.6) is 11.5 Å². The lowest BCUT2D eigenvalue weighted by atomic mass is 9.99. The second-order valence-corrected chi connectivity index (χ2v) is 8.23. The Morgan fingerprint density at radius 3 is 2.71 bits per heavy atom. The van der Waals surface area contributed by atoms with E-state index in [1.807, 2.05) is 27.0 Å². The van der Waals surface area contributed by atoms with Crippen LogP contribution in [-0.4, -0.2) is 43.7 Å². The minimum absolute atomic E-state index is 0.0253. The van der Waals surface area contributed by atoms with Crippen LogP contribution in [0.1, 0.15) is 55.1 Å². The van der Waals surface area contributed by atoms with E-state index >= 15 is 0 Å². The minimum atomic E-state index is -0.219. The number of carbonyl (C=O) groups is 1. The summed E-state index contributed by atoms with van der Waals surface area (Å²) in [6.45, 7) is 4.54. The second kappa shape index (κ2) is 10.6. The van der Waals surface area contributed by atoms with Gasteiger partial charge in [-0.2, -0.15) is 0 Å². The number of ether oxygens (including phenoxy) is 2. The first kappa shape index (κ1) is 23.0. The van der Waals surface area contributed by atoms with Crippen molar-refractivity contribution >= 4 is 5.91 Å². The number of halogens is 1. The third kappa shape index (κ3) is 6.18. The molecule has 0 bridgehead atoms. The summed E-state index contributed by atoms with van der Waals surface area (Å²) >= 11 is 0. The third-order valence-corrected chi connectivity index (χ3v) is 5.40. The van der Waals surface area contributed by atoms with Gasteiger partial charge in [-0.1, -0.05) is 12.1 Å². The van der Waals surface area contributed by atoms with Crippen LogP contribution in [-0.2, 0) is 0 Å². The molecule has 1 heterocycles. The van der Waals surface area contributed by atoms with Crippen molar-refractivity contribution in [1.29, 1.82) is 0 Å². The van der Waals surface area contributed by atoms with Crippen molar-refractivity contribution in [2.75, 3.05) is 20.7 Å². The van der Waals surface area contributed by atoms with E-state index in [1.165, 1.54) is 6.07 Å². The van der Waals surface area contributed by atoms with Gasteiger partial charge in [-0.3, -0.25) is 15.6 Å². The average molecular weight is 430 g/mol. The number of carbonyl (C=O) groups excluding carboxylic acids is 1. The molecular formula is C24H32FN3O3. The van der Waals surface area contributed by atoms with Gasteiger partial charge in [0, 0.05) is 31.2 Å². The Hall–Kier alpha value is -2.64.